The Bertz CT molecular complexity index is 1010. The molecule has 0 N–H and O–H groups in total. The van der Waals surface area contributed by atoms with Gasteiger partial charge < -0.3 is 14.2 Å². The van der Waals surface area contributed by atoms with Crippen LogP contribution in [0.2, 0.25) is 0 Å². The fourth-order valence-electron chi connectivity index (χ4n) is 8.85. The van der Waals surface area contributed by atoms with Crippen LogP contribution in [0.1, 0.15) is 329 Å². The third-order valence-corrected chi connectivity index (χ3v) is 13.3. The predicted molar refractivity (Wildman–Crippen MR) is 280 cm³/mol. The van der Waals surface area contributed by atoms with Crippen molar-refractivity contribution in [3.05, 3.63) is 12.2 Å². The van der Waals surface area contributed by atoms with Gasteiger partial charge in [-0.1, -0.05) is 277 Å². The van der Waals surface area contributed by atoms with Crippen LogP contribution in [0.3, 0.4) is 0 Å². The van der Waals surface area contributed by atoms with E-state index >= 15 is 0 Å². The van der Waals surface area contributed by atoms with Gasteiger partial charge in [0.2, 0.25) is 0 Å². The quantitative estimate of drug-likeness (QED) is 0.0262. The molecule has 0 aliphatic carbocycles. The van der Waals surface area contributed by atoms with Crippen molar-refractivity contribution in [1.29, 1.82) is 0 Å². The van der Waals surface area contributed by atoms with Crippen LogP contribution >= 0.6 is 0 Å². The van der Waals surface area contributed by atoms with Gasteiger partial charge in [0.25, 0.3) is 0 Å². The first-order valence-corrected chi connectivity index (χ1v) is 29.2. The third kappa shape index (κ3) is 53.0. The molecule has 0 saturated heterocycles. The molecule has 0 aromatic rings. The SMILES string of the molecule is CCCCCCCC/C=C\CCCCCCCCCC(=O)OC[C@H](COC(=O)CCCCCCCCCCCCCCCCC)OC(=O)CCCCCCCCCCCCCCCCC. The summed E-state index contributed by atoms with van der Waals surface area (Å²) in [5.41, 5.74) is 0. The van der Waals surface area contributed by atoms with Gasteiger partial charge >= 0.3 is 17.9 Å². The molecular weight excluding hydrogens is 805 g/mol. The molecule has 0 spiro atoms. The Hall–Kier alpha value is -1.85. The van der Waals surface area contributed by atoms with Gasteiger partial charge in [-0.2, -0.15) is 0 Å². The maximum Gasteiger partial charge on any atom is 0.306 e. The van der Waals surface area contributed by atoms with Crippen molar-refractivity contribution in [3.8, 4) is 0 Å². The maximum atomic E-state index is 12.8. The number of rotatable bonds is 54. The Balaban J connectivity index is 4.31. The second-order valence-corrected chi connectivity index (χ2v) is 19.9. The minimum absolute atomic E-state index is 0.0651. The molecule has 0 amide bonds. The third-order valence-electron chi connectivity index (χ3n) is 13.3. The van der Waals surface area contributed by atoms with Crippen molar-refractivity contribution in [2.24, 2.45) is 0 Å². The van der Waals surface area contributed by atoms with E-state index < -0.39 is 6.10 Å². The van der Waals surface area contributed by atoms with Crippen molar-refractivity contribution < 1.29 is 28.6 Å². The van der Waals surface area contributed by atoms with E-state index in [1.807, 2.05) is 0 Å². The lowest BCUT2D eigenvalue weighted by Crippen LogP contribution is -2.30. The summed E-state index contributed by atoms with van der Waals surface area (Å²) in [4.78, 5) is 38.1. The highest BCUT2D eigenvalue weighted by atomic mass is 16.6. The Kier molecular flexibility index (Phi) is 53.2. The van der Waals surface area contributed by atoms with Crippen LogP contribution in [-0.2, 0) is 28.6 Å². The van der Waals surface area contributed by atoms with Crippen LogP contribution in [0.5, 0.6) is 0 Å². The smallest absolute Gasteiger partial charge is 0.306 e. The van der Waals surface area contributed by atoms with E-state index in [1.54, 1.807) is 0 Å². The first-order chi connectivity index (χ1) is 32.0. The maximum absolute atomic E-state index is 12.8. The van der Waals surface area contributed by atoms with Crippen LogP contribution in [0.4, 0.5) is 0 Å². The zero-order valence-corrected chi connectivity index (χ0v) is 44.0. The van der Waals surface area contributed by atoms with Crippen LogP contribution in [-0.4, -0.2) is 37.2 Å². The standard InChI is InChI=1S/C59H112O6/c1-4-7-10-13-16-19-22-25-28-29-32-34-37-40-43-46-49-52-58(61)64-55-56(65-59(62)53-50-47-44-41-38-35-31-27-24-21-18-15-12-9-6-3)54-63-57(60)51-48-45-42-39-36-33-30-26-23-20-17-14-11-8-5-2/h25,28,56H,4-24,26-27,29-55H2,1-3H3/b28-25-/t56-/m0/s1. The molecule has 0 saturated carbocycles. The number of ether oxygens (including phenoxy) is 3. The highest BCUT2D eigenvalue weighted by Gasteiger charge is 2.19. The summed E-state index contributed by atoms with van der Waals surface area (Å²) in [6.45, 7) is 6.69. The molecule has 6 nitrogen and oxygen atoms in total. The molecule has 0 radical (unpaired) electrons. The molecule has 0 rings (SSSR count). The van der Waals surface area contributed by atoms with E-state index in [0.717, 1.165) is 57.8 Å². The van der Waals surface area contributed by atoms with Gasteiger partial charge in [0, 0.05) is 19.3 Å². The van der Waals surface area contributed by atoms with Crippen LogP contribution in [0, 0.1) is 0 Å². The van der Waals surface area contributed by atoms with Gasteiger partial charge in [-0.15, -0.1) is 0 Å². The minimum atomic E-state index is -0.766. The van der Waals surface area contributed by atoms with Crippen LogP contribution in [0.25, 0.3) is 0 Å². The van der Waals surface area contributed by atoms with Crippen molar-refractivity contribution in [1.82, 2.24) is 0 Å². The average Bonchev–Trinajstić information content (AvgIpc) is 3.30. The second kappa shape index (κ2) is 54.8. The van der Waals surface area contributed by atoms with Gasteiger partial charge in [-0.05, 0) is 44.9 Å². The monoisotopic (exact) mass is 917 g/mol. The molecule has 1 atom stereocenters. The number of esters is 3. The molecular formula is C59H112O6. The molecule has 0 fully saturated rings. The van der Waals surface area contributed by atoms with Crippen molar-refractivity contribution in [2.75, 3.05) is 13.2 Å². The number of carbonyl (C=O) groups excluding carboxylic acids is 3. The van der Waals surface area contributed by atoms with Gasteiger partial charge in [0.15, 0.2) is 6.10 Å². The molecule has 384 valence electrons. The zero-order chi connectivity index (χ0) is 47.2. The fourth-order valence-corrected chi connectivity index (χ4v) is 8.85. The van der Waals surface area contributed by atoms with E-state index in [-0.39, 0.29) is 31.1 Å². The Morgan fingerprint density at radius 2 is 0.508 bits per heavy atom. The second-order valence-electron chi connectivity index (χ2n) is 19.9. The van der Waals surface area contributed by atoms with Crippen molar-refractivity contribution in [3.63, 3.8) is 0 Å². The summed E-state index contributed by atoms with van der Waals surface area (Å²) >= 11 is 0. The fraction of sp³-hybridized carbons (Fsp3) is 0.915. The minimum Gasteiger partial charge on any atom is -0.462 e. The van der Waals surface area contributed by atoms with Crippen molar-refractivity contribution in [2.45, 2.75) is 335 Å². The summed E-state index contributed by atoms with van der Waals surface area (Å²) in [5.74, 6) is -0.844. The van der Waals surface area contributed by atoms with Crippen molar-refractivity contribution >= 4 is 17.9 Å². The number of allylic oxidation sites excluding steroid dienone is 2. The zero-order valence-electron chi connectivity index (χ0n) is 44.0. The lowest BCUT2D eigenvalue weighted by molar-refractivity contribution is -0.167. The predicted octanol–water partition coefficient (Wildman–Crippen LogP) is 19.3. The number of hydrogen-bond donors (Lipinski definition) is 0. The Morgan fingerprint density at radius 1 is 0.292 bits per heavy atom. The molecule has 0 unspecified atom stereocenters. The van der Waals surface area contributed by atoms with E-state index in [9.17, 15) is 14.4 Å². The van der Waals surface area contributed by atoms with Crippen LogP contribution in [0.15, 0.2) is 12.2 Å². The lowest BCUT2D eigenvalue weighted by atomic mass is 10.0. The van der Waals surface area contributed by atoms with Gasteiger partial charge in [-0.3, -0.25) is 14.4 Å². The van der Waals surface area contributed by atoms with Gasteiger partial charge in [0.05, 0.1) is 0 Å². The van der Waals surface area contributed by atoms with Gasteiger partial charge in [-0.25, -0.2) is 0 Å². The lowest BCUT2D eigenvalue weighted by Gasteiger charge is -2.18. The molecule has 0 heterocycles. The molecule has 6 heteroatoms. The molecule has 0 aromatic carbocycles. The van der Waals surface area contributed by atoms with E-state index in [0.29, 0.717) is 19.3 Å². The number of carbonyl (C=O) groups is 3. The van der Waals surface area contributed by atoms with E-state index in [4.69, 9.17) is 14.2 Å². The Labute approximate surface area is 405 Å². The Morgan fingerprint density at radius 3 is 0.769 bits per heavy atom. The highest BCUT2D eigenvalue weighted by Crippen LogP contribution is 2.17. The summed E-state index contributed by atoms with van der Waals surface area (Å²) in [6, 6.07) is 0. The first kappa shape index (κ1) is 63.1. The topological polar surface area (TPSA) is 78.9 Å². The molecule has 65 heavy (non-hydrogen) atoms. The first-order valence-electron chi connectivity index (χ1n) is 29.2. The highest BCUT2D eigenvalue weighted by molar-refractivity contribution is 5.71. The average molecular weight is 918 g/mol. The normalized spacial score (nSPS) is 12.0. The molecule has 0 aliphatic heterocycles. The molecule has 0 aliphatic rings. The molecule has 0 aromatic heterocycles. The van der Waals surface area contributed by atoms with E-state index in [2.05, 4.69) is 32.9 Å². The largest absolute Gasteiger partial charge is 0.462 e. The summed E-state index contributed by atoms with van der Waals surface area (Å²) in [7, 11) is 0. The summed E-state index contributed by atoms with van der Waals surface area (Å²) in [6.07, 6.45) is 62.0. The molecule has 0 bridgehead atoms. The number of hydrogen-bond acceptors (Lipinski definition) is 6. The number of unbranched alkanes of at least 4 members (excludes halogenated alkanes) is 41. The summed E-state index contributed by atoms with van der Waals surface area (Å²) in [5, 5.41) is 0. The van der Waals surface area contributed by atoms with Gasteiger partial charge in [0.1, 0.15) is 13.2 Å². The van der Waals surface area contributed by atoms with Crippen LogP contribution < -0.4 is 0 Å². The summed E-state index contributed by atoms with van der Waals surface area (Å²) < 4.78 is 16.9. The van der Waals surface area contributed by atoms with E-state index in [1.165, 1.54) is 231 Å².